The van der Waals surface area contributed by atoms with Crippen LogP contribution < -0.4 is 23.7 Å². The van der Waals surface area contributed by atoms with Gasteiger partial charge < -0.3 is 42.9 Å². The Morgan fingerprint density at radius 1 is 0.709 bits per heavy atom. The van der Waals surface area contributed by atoms with E-state index in [0.29, 0.717) is 83.5 Å². The lowest BCUT2D eigenvalue weighted by atomic mass is 9.84. The Balaban J connectivity index is 1.52. The molecule has 12 heteroatoms. The first-order chi connectivity index (χ1) is 26.2. The zero-order valence-corrected chi connectivity index (χ0v) is 34.5. The van der Waals surface area contributed by atoms with E-state index < -0.39 is 24.0 Å². The first kappa shape index (κ1) is 38.7. The van der Waals surface area contributed by atoms with Crippen LogP contribution >= 0.6 is 22.6 Å². The van der Waals surface area contributed by atoms with Crippen molar-refractivity contribution in [3.8, 4) is 40.2 Å². The number of carboxylic acids is 2. The maximum atomic E-state index is 12.8. The molecule has 55 heavy (non-hydrogen) atoms. The van der Waals surface area contributed by atoms with Crippen molar-refractivity contribution in [3.05, 3.63) is 97.6 Å². The van der Waals surface area contributed by atoms with E-state index in [-0.39, 0.29) is 16.6 Å². The third-order valence-corrected chi connectivity index (χ3v) is 13.8. The van der Waals surface area contributed by atoms with Crippen molar-refractivity contribution >= 4 is 34.5 Å². The van der Waals surface area contributed by atoms with Crippen LogP contribution in [0, 0.1) is 3.57 Å². The van der Waals surface area contributed by atoms with Crippen LogP contribution in [-0.4, -0.2) is 91.7 Å². The quantitative estimate of drug-likeness (QED) is 0.142. The van der Waals surface area contributed by atoms with Crippen LogP contribution in [0.4, 0.5) is 0 Å². The van der Waals surface area contributed by atoms with E-state index in [2.05, 4.69) is 28.7 Å². The van der Waals surface area contributed by atoms with Crippen LogP contribution in [0.2, 0.25) is 0 Å². The minimum Gasteiger partial charge on any atom is -0.495 e. The third kappa shape index (κ3) is 6.75. The zero-order valence-electron chi connectivity index (χ0n) is 32.4. The highest BCUT2D eigenvalue weighted by atomic mass is 127. The smallest absolute Gasteiger partial charge is 0.362 e. The van der Waals surface area contributed by atoms with Crippen molar-refractivity contribution < 1.29 is 52.5 Å². The van der Waals surface area contributed by atoms with E-state index in [4.69, 9.17) is 23.7 Å². The maximum Gasteiger partial charge on any atom is 0.362 e. The number of ether oxygens (including phenoxy) is 5. The van der Waals surface area contributed by atoms with E-state index in [9.17, 15) is 19.8 Å². The molecule has 4 aliphatic heterocycles. The molecule has 0 saturated carbocycles. The minimum atomic E-state index is -0.877. The Labute approximate surface area is 335 Å². The topological polar surface area (TPSA) is 121 Å². The van der Waals surface area contributed by atoms with Crippen molar-refractivity contribution in [1.82, 2.24) is 0 Å². The number of hydrogen-bond donors (Lipinski definition) is 2. The Morgan fingerprint density at radius 3 is 1.87 bits per heavy atom. The molecule has 11 nitrogen and oxygen atoms in total. The molecule has 0 spiro atoms. The van der Waals surface area contributed by atoms with E-state index in [1.807, 2.05) is 68.7 Å². The Kier molecular flexibility index (Phi) is 10.5. The highest BCUT2D eigenvalue weighted by Gasteiger charge is 2.49. The summed E-state index contributed by atoms with van der Waals surface area (Å²) in [5.41, 5.74) is 6.01. The van der Waals surface area contributed by atoms with E-state index in [0.717, 1.165) is 37.0 Å². The summed E-state index contributed by atoms with van der Waals surface area (Å²) in [5.74, 6) is 2.33. The summed E-state index contributed by atoms with van der Waals surface area (Å²) in [6.07, 6.45) is 2.33. The number of fused-ring (bicyclic) bond motifs is 2. The summed E-state index contributed by atoms with van der Waals surface area (Å²) in [7, 11) is 8.93. The highest BCUT2D eigenvalue weighted by molar-refractivity contribution is 14.1. The molecule has 0 amide bonds. The lowest BCUT2D eigenvalue weighted by molar-refractivity contribution is -0.954. The molecule has 0 aromatic heterocycles. The second-order valence-electron chi connectivity index (χ2n) is 15.4. The molecule has 0 saturated heterocycles. The Hall–Kier alpha value is -4.53. The average Bonchev–Trinajstić information content (AvgIpc) is 3.17. The summed E-state index contributed by atoms with van der Waals surface area (Å²) in [4.78, 5) is 25.5. The molecule has 8 rings (SSSR count). The number of likely N-dealkylation sites (N-methyl/N-ethyl adjacent to an activating group) is 2. The number of carboxylic acid groups (broad SMARTS) is 2. The number of aliphatic carboxylic acids is 2. The number of hydrogen-bond acceptors (Lipinski definition) is 7. The number of rotatable bonds is 7. The monoisotopic (exact) mass is 864 g/mol. The van der Waals surface area contributed by atoms with Crippen LogP contribution in [0.5, 0.6) is 40.2 Å². The largest absolute Gasteiger partial charge is 0.495 e. The molecule has 4 heterocycles. The van der Waals surface area contributed by atoms with Gasteiger partial charge in [-0.3, -0.25) is 0 Å². The van der Waals surface area contributed by atoms with Crippen molar-refractivity contribution in [2.24, 2.45) is 0 Å². The minimum absolute atomic E-state index is 0.229. The normalized spacial score (nSPS) is 23.8. The van der Waals surface area contributed by atoms with Gasteiger partial charge in [0.05, 0.1) is 57.6 Å². The van der Waals surface area contributed by atoms with Crippen molar-refractivity contribution in [1.29, 1.82) is 0 Å². The van der Waals surface area contributed by atoms with Gasteiger partial charge in [0.2, 0.25) is 0 Å². The van der Waals surface area contributed by atoms with E-state index in [1.54, 1.807) is 35.2 Å². The fourth-order valence-electron chi connectivity index (χ4n) is 8.89. The standard InChI is InChI=1S/C43H47IN2O9/c1-24(42(47)48)45(3)16-14-28-21-35(52-6)37-23-31(28)32(45)18-26-8-11-30(12-9-26)54-36-20-27(10-13-34(36)51-5)19-33-39-29(15-17-46(33,4)25(2)43(49)50)22-38(53-7)40(44)41(39)55-37/h8-13,20-25,32-33H,14-19H2,1-7H3/p+2. The number of nitrogens with zero attached hydrogens (tertiary/aromatic N) is 2. The summed E-state index contributed by atoms with van der Waals surface area (Å²) >= 11 is 2.27. The number of benzene rings is 4. The molecule has 0 fully saturated rings. The molecule has 4 aromatic carbocycles. The van der Waals surface area contributed by atoms with Crippen molar-refractivity contribution in [3.63, 3.8) is 0 Å². The lowest BCUT2D eigenvalue weighted by Crippen LogP contribution is -2.59. The fourth-order valence-corrected chi connectivity index (χ4v) is 9.67. The van der Waals surface area contributed by atoms with Crippen LogP contribution in [0.25, 0.3) is 0 Å². The van der Waals surface area contributed by atoms with Gasteiger partial charge in [-0.25, -0.2) is 9.59 Å². The van der Waals surface area contributed by atoms with Crippen molar-refractivity contribution in [2.45, 2.75) is 63.7 Å². The van der Waals surface area contributed by atoms with Crippen LogP contribution in [-0.2, 0) is 35.3 Å². The number of quaternary nitrogens is 2. The molecule has 6 unspecified atom stereocenters. The highest BCUT2D eigenvalue weighted by Crippen LogP contribution is 2.52. The lowest BCUT2D eigenvalue weighted by Gasteiger charge is -2.49. The maximum absolute atomic E-state index is 12.8. The fraction of sp³-hybridized carbons (Fsp3) is 0.395. The van der Waals surface area contributed by atoms with Gasteiger partial charge >= 0.3 is 11.9 Å². The van der Waals surface area contributed by atoms with Crippen molar-refractivity contribution in [2.75, 3.05) is 48.5 Å². The van der Waals surface area contributed by atoms with Gasteiger partial charge in [0.1, 0.15) is 23.6 Å². The molecule has 6 atom stereocenters. The molecule has 290 valence electrons. The molecular formula is C43H49IN2O9+2. The first-order valence-electron chi connectivity index (χ1n) is 18.6. The van der Waals surface area contributed by atoms with Crippen LogP contribution in [0.1, 0.15) is 59.3 Å². The van der Waals surface area contributed by atoms with Crippen LogP contribution in [0.3, 0.4) is 0 Å². The average molecular weight is 865 g/mol. The predicted octanol–water partition coefficient (Wildman–Crippen LogP) is 7.73. The Bertz CT molecular complexity index is 2160. The summed E-state index contributed by atoms with van der Waals surface area (Å²) in [5, 5.41) is 20.9. The van der Waals surface area contributed by atoms with Gasteiger partial charge in [0.15, 0.2) is 40.8 Å². The SMILES string of the molecule is COc1ccc2cc1Oc1ccc(cc1)CC1c3cc(c(OC)cc3CC[N+]1(C)C(C)C(=O)O)Oc1c(I)c(OC)cc3c1C(C2)[N+](C)(C(C)C(=O)O)CC3. The molecule has 0 aliphatic carbocycles. The zero-order chi connectivity index (χ0) is 39.4. The van der Waals surface area contributed by atoms with E-state index >= 15 is 0 Å². The third-order valence-electron chi connectivity index (χ3n) is 12.7. The predicted molar refractivity (Wildman–Crippen MR) is 215 cm³/mol. The van der Waals surface area contributed by atoms with Gasteiger partial charge in [-0.1, -0.05) is 18.2 Å². The number of methoxy groups -OCH3 is 3. The summed E-state index contributed by atoms with van der Waals surface area (Å²) < 4.78 is 32.6. The molecular weight excluding hydrogens is 815 g/mol. The first-order valence-corrected chi connectivity index (χ1v) is 19.7. The van der Waals surface area contributed by atoms with Gasteiger partial charge in [-0.15, -0.1) is 0 Å². The molecule has 4 aliphatic rings. The van der Waals surface area contributed by atoms with Gasteiger partial charge in [-0.05, 0) is 101 Å². The number of carbonyl (C=O) groups is 2. The van der Waals surface area contributed by atoms with E-state index in [1.165, 1.54) is 0 Å². The van der Waals surface area contributed by atoms with Crippen LogP contribution in [0.15, 0.2) is 60.7 Å². The molecule has 6 bridgehead atoms. The molecule has 0 radical (unpaired) electrons. The number of halogens is 1. The van der Waals surface area contributed by atoms with Gasteiger partial charge in [0.25, 0.3) is 0 Å². The summed E-state index contributed by atoms with van der Waals surface area (Å²) in [6.45, 7) is 4.78. The Morgan fingerprint density at radius 2 is 1.25 bits per heavy atom. The summed E-state index contributed by atoms with van der Waals surface area (Å²) in [6, 6.07) is 17.9. The second-order valence-corrected chi connectivity index (χ2v) is 16.5. The molecule has 2 N–H and O–H groups in total. The van der Waals surface area contributed by atoms with Gasteiger partial charge in [0, 0.05) is 31.2 Å². The molecule has 4 aromatic rings. The second kappa shape index (κ2) is 14.8. The van der Waals surface area contributed by atoms with Gasteiger partial charge in [-0.2, -0.15) is 0 Å².